The average Bonchev–Trinajstić information content (AvgIpc) is 2.49. The lowest BCUT2D eigenvalue weighted by Crippen LogP contribution is -2.33. The second-order valence-electron chi connectivity index (χ2n) is 6.14. The molecule has 0 saturated heterocycles. The molecule has 0 aliphatic heterocycles. The minimum absolute atomic E-state index is 0.685. The minimum atomic E-state index is -1.37. The molecular formula is C18H30BBrO2. The number of benzene rings is 1. The maximum absolute atomic E-state index is 9.67. The predicted octanol–water partition coefficient (Wildman–Crippen LogP) is 4.37. The van der Waals surface area contributed by atoms with E-state index in [4.69, 9.17) is 0 Å². The lowest BCUT2D eigenvalue weighted by molar-refractivity contribution is 0.425. The molecule has 2 N–H and O–H groups in total. The Morgan fingerprint density at radius 1 is 0.818 bits per heavy atom. The van der Waals surface area contributed by atoms with Gasteiger partial charge in [0.25, 0.3) is 0 Å². The van der Waals surface area contributed by atoms with Crippen LogP contribution < -0.4 is 5.46 Å². The highest BCUT2D eigenvalue weighted by Gasteiger charge is 2.18. The normalized spacial score (nSPS) is 11.0. The molecule has 1 aromatic rings. The lowest BCUT2D eigenvalue weighted by Gasteiger charge is -2.14. The van der Waals surface area contributed by atoms with Crippen molar-refractivity contribution in [2.24, 2.45) is 0 Å². The molecule has 0 amide bonds. The van der Waals surface area contributed by atoms with E-state index in [0.717, 1.165) is 35.7 Å². The molecule has 0 aromatic heterocycles. The molecule has 1 aromatic carbocycles. The summed E-state index contributed by atoms with van der Waals surface area (Å²) in [6, 6.07) is 4.08. The van der Waals surface area contributed by atoms with E-state index in [0.29, 0.717) is 5.46 Å². The van der Waals surface area contributed by atoms with Gasteiger partial charge in [0.1, 0.15) is 0 Å². The highest BCUT2D eigenvalue weighted by Crippen LogP contribution is 2.21. The quantitative estimate of drug-likeness (QED) is 0.449. The predicted molar refractivity (Wildman–Crippen MR) is 99.7 cm³/mol. The molecule has 0 radical (unpaired) electrons. The summed E-state index contributed by atoms with van der Waals surface area (Å²) in [5, 5.41) is 19.3. The Hall–Kier alpha value is -0.315. The number of rotatable bonds is 11. The Balaban J connectivity index is 2.74. The maximum atomic E-state index is 9.67. The molecule has 0 spiro atoms. The summed E-state index contributed by atoms with van der Waals surface area (Å²) in [5.41, 5.74) is 2.94. The van der Waals surface area contributed by atoms with Gasteiger partial charge in [-0.05, 0) is 48.3 Å². The van der Waals surface area contributed by atoms with Crippen LogP contribution in [0, 0.1) is 0 Å². The van der Waals surface area contributed by atoms with Crippen LogP contribution in [0.5, 0.6) is 0 Å². The summed E-state index contributed by atoms with van der Waals surface area (Å²) in [7, 11) is -1.37. The molecule has 0 unspecified atom stereocenters. The van der Waals surface area contributed by atoms with Crippen molar-refractivity contribution < 1.29 is 10.0 Å². The van der Waals surface area contributed by atoms with Crippen molar-refractivity contribution in [1.29, 1.82) is 0 Å². The van der Waals surface area contributed by atoms with Crippen molar-refractivity contribution in [3.8, 4) is 0 Å². The van der Waals surface area contributed by atoms with Gasteiger partial charge in [-0.1, -0.05) is 74.4 Å². The zero-order valence-electron chi connectivity index (χ0n) is 14.1. The van der Waals surface area contributed by atoms with Crippen LogP contribution >= 0.6 is 15.9 Å². The van der Waals surface area contributed by atoms with Gasteiger partial charge in [-0.15, -0.1) is 0 Å². The fourth-order valence-electron chi connectivity index (χ4n) is 2.81. The van der Waals surface area contributed by atoms with Crippen LogP contribution in [0.4, 0.5) is 0 Å². The largest absolute Gasteiger partial charge is 0.488 e. The lowest BCUT2D eigenvalue weighted by atomic mass is 9.75. The summed E-state index contributed by atoms with van der Waals surface area (Å²) >= 11 is 3.66. The van der Waals surface area contributed by atoms with Gasteiger partial charge >= 0.3 is 7.12 Å². The zero-order valence-corrected chi connectivity index (χ0v) is 15.7. The maximum Gasteiger partial charge on any atom is 0.488 e. The third-order valence-corrected chi connectivity index (χ3v) is 4.92. The summed E-state index contributed by atoms with van der Waals surface area (Å²) in [6.07, 6.45) is 11.6. The second kappa shape index (κ2) is 11.3. The number of aryl methyl sites for hydroxylation is 2. The van der Waals surface area contributed by atoms with E-state index in [9.17, 15) is 10.0 Å². The number of hydrogen-bond acceptors (Lipinski definition) is 2. The topological polar surface area (TPSA) is 40.5 Å². The molecule has 0 fully saturated rings. The van der Waals surface area contributed by atoms with Gasteiger partial charge in [0.2, 0.25) is 0 Å². The third-order valence-electron chi connectivity index (χ3n) is 4.19. The van der Waals surface area contributed by atoms with E-state index in [1.807, 2.05) is 6.07 Å². The molecule has 0 atom stereocenters. The van der Waals surface area contributed by atoms with Gasteiger partial charge in [0.15, 0.2) is 0 Å². The van der Waals surface area contributed by atoms with Crippen molar-refractivity contribution in [2.75, 3.05) is 0 Å². The first kappa shape index (κ1) is 19.7. The zero-order chi connectivity index (χ0) is 16.4. The van der Waals surface area contributed by atoms with Crippen LogP contribution in [-0.4, -0.2) is 17.2 Å². The third kappa shape index (κ3) is 6.85. The standard InChI is InChI=1S/C18H30BBrO2/c1-3-5-7-9-11-15-14-18(20)16(12-10-8-6-4-2)13-17(15)19(21)22/h13-14,21-22H,3-12H2,1-2H3. The van der Waals surface area contributed by atoms with Crippen molar-refractivity contribution in [3.05, 3.63) is 27.7 Å². The summed E-state index contributed by atoms with van der Waals surface area (Å²) in [5.74, 6) is 0. The van der Waals surface area contributed by atoms with Crippen LogP contribution in [0.15, 0.2) is 16.6 Å². The molecule has 0 heterocycles. The average molecular weight is 369 g/mol. The Labute approximate surface area is 144 Å². The smallest absolute Gasteiger partial charge is 0.423 e. The fraction of sp³-hybridized carbons (Fsp3) is 0.667. The van der Waals surface area contributed by atoms with Gasteiger partial charge in [0.05, 0.1) is 0 Å². The van der Waals surface area contributed by atoms with Gasteiger partial charge in [-0.3, -0.25) is 0 Å². The minimum Gasteiger partial charge on any atom is -0.423 e. The molecule has 124 valence electrons. The van der Waals surface area contributed by atoms with E-state index in [-0.39, 0.29) is 0 Å². The first-order valence-corrected chi connectivity index (χ1v) is 9.56. The van der Waals surface area contributed by atoms with E-state index in [1.54, 1.807) is 0 Å². The molecular weight excluding hydrogens is 339 g/mol. The molecule has 2 nitrogen and oxygen atoms in total. The summed E-state index contributed by atoms with van der Waals surface area (Å²) in [6.45, 7) is 4.41. The molecule has 22 heavy (non-hydrogen) atoms. The van der Waals surface area contributed by atoms with Gasteiger partial charge in [-0.25, -0.2) is 0 Å². The highest BCUT2D eigenvalue weighted by atomic mass is 79.9. The van der Waals surface area contributed by atoms with Crippen LogP contribution in [0.3, 0.4) is 0 Å². The summed E-state index contributed by atoms with van der Waals surface area (Å²) in [4.78, 5) is 0. The molecule has 0 aliphatic rings. The van der Waals surface area contributed by atoms with Crippen molar-refractivity contribution in [2.45, 2.75) is 78.1 Å². The van der Waals surface area contributed by atoms with E-state index in [1.165, 1.54) is 44.1 Å². The monoisotopic (exact) mass is 368 g/mol. The van der Waals surface area contributed by atoms with Crippen molar-refractivity contribution in [3.63, 3.8) is 0 Å². The van der Waals surface area contributed by atoms with Crippen LogP contribution in [0.1, 0.15) is 76.3 Å². The highest BCUT2D eigenvalue weighted by molar-refractivity contribution is 9.10. The Morgan fingerprint density at radius 3 is 1.86 bits per heavy atom. The van der Waals surface area contributed by atoms with E-state index in [2.05, 4.69) is 35.8 Å². The number of halogens is 1. The van der Waals surface area contributed by atoms with Gasteiger partial charge in [0, 0.05) is 4.47 Å². The van der Waals surface area contributed by atoms with Crippen molar-refractivity contribution in [1.82, 2.24) is 0 Å². The Bertz CT molecular complexity index is 435. The molecule has 0 aliphatic carbocycles. The van der Waals surface area contributed by atoms with Crippen LogP contribution in [0.2, 0.25) is 0 Å². The van der Waals surface area contributed by atoms with Crippen molar-refractivity contribution >= 4 is 28.5 Å². The molecule has 1 rings (SSSR count). The van der Waals surface area contributed by atoms with Gasteiger partial charge in [-0.2, -0.15) is 0 Å². The second-order valence-corrected chi connectivity index (χ2v) is 6.99. The number of unbranched alkanes of at least 4 members (excludes halogenated alkanes) is 6. The summed E-state index contributed by atoms with van der Waals surface area (Å²) < 4.78 is 1.11. The molecule has 4 heteroatoms. The Morgan fingerprint density at radius 2 is 1.36 bits per heavy atom. The Kier molecular flexibility index (Phi) is 10.1. The molecule has 0 saturated carbocycles. The van der Waals surface area contributed by atoms with Crippen LogP contribution in [0.25, 0.3) is 0 Å². The fourth-order valence-corrected chi connectivity index (χ4v) is 3.40. The SMILES string of the molecule is CCCCCCc1cc(B(O)O)c(CCCCCC)cc1Br. The first-order valence-electron chi connectivity index (χ1n) is 8.77. The number of hydrogen-bond donors (Lipinski definition) is 2. The van der Waals surface area contributed by atoms with Crippen LogP contribution in [-0.2, 0) is 12.8 Å². The van der Waals surface area contributed by atoms with E-state index >= 15 is 0 Å². The van der Waals surface area contributed by atoms with Gasteiger partial charge < -0.3 is 10.0 Å². The molecule has 0 bridgehead atoms. The first-order chi connectivity index (χ1) is 10.6. The van der Waals surface area contributed by atoms with E-state index < -0.39 is 7.12 Å².